The Morgan fingerprint density at radius 3 is 2.94 bits per heavy atom. The molecule has 17 heavy (non-hydrogen) atoms. The summed E-state index contributed by atoms with van der Waals surface area (Å²) in [4.78, 5) is 11.9. The molecule has 1 aliphatic rings. The Hall–Kier alpha value is -1.82. The third kappa shape index (κ3) is 1.91. The van der Waals surface area contributed by atoms with Crippen molar-refractivity contribution >= 4 is 23.6 Å². The first kappa shape index (κ1) is 10.3. The smallest absolute Gasteiger partial charge is 0.258 e. The summed E-state index contributed by atoms with van der Waals surface area (Å²) in [6.45, 7) is 0.845. The SMILES string of the molecule is O=C(Nc1nnc2n1CCS2)c1ccccc1. The molecular weight excluding hydrogens is 236 g/mol. The molecule has 1 aromatic heterocycles. The fraction of sp³-hybridized carbons (Fsp3) is 0.182. The van der Waals surface area contributed by atoms with Gasteiger partial charge >= 0.3 is 0 Å². The fourth-order valence-electron chi connectivity index (χ4n) is 1.68. The van der Waals surface area contributed by atoms with Gasteiger partial charge in [0.1, 0.15) is 0 Å². The van der Waals surface area contributed by atoms with Crippen LogP contribution in [0, 0.1) is 0 Å². The van der Waals surface area contributed by atoms with Crippen LogP contribution in [0.15, 0.2) is 35.5 Å². The van der Waals surface area contributed by atoms with Crippen LogP contribution in [0.4, 0.5) is 5.95 Å². The van der Waals surface area contributed by atoms with E-state index in [1.54, 1.807) is 23.9 Å². The Balaban J connectivity index is 1.81. The molecule has 0 atom stereocenters. The first-order valence-corrected chi connectivity index (χ1v) is 6.25. The molecule has 0 spiro atoms. The lowest BCUT2D eigenvalue weighted by molar-refractivity contribution is 0.102. The fourth-order valence-corrected chi connectivity index (χ4v) is 2.57. The molecule has 0 aliphatic carbocycles. The molecule has 1 amide bonds. The summed E-state index contributed by atoms with van der Waals surface area (Å²) in [7, 11) is 0. The molecule has 86 valence electrons. The number of carbonyl (C=O) groups excluding carboxylic acids is 1. The van der Waals surface area contributed by atoms with Gasteiger partial charge in [-0.1, -0.05) is 30.0 Å². The van der Waals surface area contributed by atoms with Crippen LogP contribution in [-0.2, 0) is 6.54 Å². The van der Waals surface area contributed by atoms with E-state index in [1.807, 2.05) is 22.8 Å². The van der Waals surface area contributed by atoms with Crippen LogP contribution in [0.25, 0.3) is 0 Å². The highest BCUT2D eigenvalue weighted by atomic mass is 32.2. The van der Waals surface area contributed by atoms with Crippen LogP contribution < -0.4 is 5.32 Å². The maximum Gasteiger partial charge on any atom is 0.258 e. The van der Waals surface area contributed by atoms with E-state index in [0.29, 0.717) is 11.5 Å². The van der Waals surface area contributed by atoms with Gasteiger partial charge in [-0.15, -0.1) is 10.2 Å². The summed E-state index contributed by atoms with van der Waals surface area (Å²) in [5.74, 6) is 1.36. The molecule has 1 N–H and O–H groups in total. The van der Waals surface area contributed by atoms with Gasteiger partial charge in [-0.2, -0.15) is 0 Å². The Bertz CT molecular complexity index is 552. The zero-order chi connectivity index (χ0) is 11.7. The monoisotopic (exact) mass is 246 g/mol. The summed E-state index contributed by atoms with van der Waals surface area (Å²) in [5.41, 5.74) is 0.621. The number of aromatic nitrogens is 3. The van der Waals surface area contributed by atoms with Crippen molar-refractivity contribution in [3.05, 3.63) is 35.9 Å². The van der Waals surface area contributed by atoms with E-state index in [-0.39, 0.29) is 5.91 Å². The van der Waals surface area contributed by atoms with E-state index in [0.717, 1.165) is 17.5 Å². The van der Waals surface area contributed by atoms with Crippen LogP contribution in [0.5, 0.6) is 0 Å². The second kappa shape index (κ2) is 4.21. The third-order valence-electron chi connectivity index (χ3n) is 2.52. The number of hydrogen-bond donors (Lipinski definition) is 1. The average molecular weight is 246 g/mol. The number of nitrogens with one attached hydrogen (secondary N) is 1. The number of nitrogens with zero attached hydrogens (tertiary/aromatic N) is 3. The normalized spacial score (nSPS) is 13.4. The number of fused-ring (bicyclic) bond motifs is 1. The molecule has 0 saturated carbocycles. The van der Waals surface area contributed by atoms with Crippen molar-refractivity contribution in [1.29, 1.82) is 0 Å². The molecule has 1 aliphatic heterocycles. The number of rotatable bonds is 2. The third-order valence-corrected chi connectivity index (χ3v) is 3.47. The molecule has 1 aromatic carbocycles. The van der Waals surface area contributed by atoms with Crippen molar-refractivity contribution in [1.82, 2.24) is 14.8 Å². The lowest BCUT2D eigenvalue weighted by atomic mass is 10.2. The van der Waals surface area contributed by atoms with Gasteiger partial charge in [-0.25, -0.2) is 0 Å². The van der Waals surface area contributed by atoms with Gasteiger partial charge in [0.15, 0.2) is 5.16 Å². The van der Waals surface area contributed by atoms with Gasteiger partial charge in [-0.05, 0) is 12.1 Å². The van der Waals surface area contributed by atoms with E-state index in [1.165, 1.54) is 0 Å². The second-order valence-corrected chi connectivity index (χ2v) is 4.69. The Morgan fingerprint density at radius 1 is 1.29 bits per heavy atom. The van der Waals surface area contributed by atoms with E-state index in [9.17, 15) is 4.79 Å². The highest BCUT2D eigenvalue weighted by Gasteiger charge is 2.19. The largest absolute Gasteiger partial charge is 0.290 e. The number of benzene rings is 1. The number of carbonyl (C=O) groups is 1. The van der Waals surface area contributed by atoms with Crippen molar-refractivity contribution in [3.63, 3.8) is 0 Å². The zero-order valence-electron chi connectivity index (χ0n) is 8.96. The summed E-state index contributed by atoms with van der Waals surface area (Å²) >= 11 is 1.65. The van der Waals surface area contributed by atoms with Gasteiger partial charge < -0.3 is 0 Å². The lowest BCUT2D eigenvalue weighted by Gasteiger charge is -2.04. The van der Waals surface area contributed by atoms with Gasteiger partial charge in [-0.3, -0.25) is 14.7 Å². The van der Waals surface area contributed by atoms with E-state index >= 15 is 0 Å². The molecule has 2 aromatic rings. The van der Waals surface area contributed by atoms with Gasteiger partial charge in [0.05, 0.1) is 0 Å². The summed E-state index contributed by atoms with van der Waals surface area (Å²) in [5, 5.41) is 11.6. The maximum atomic E-state index is 11.9. The standard InChI is InChI=1S/C11H10N4OS/c16-9(8-4-2-1-3-5-8)12-10-13-14-11-15(10)6-7-17-11/h1-5H,6-7H2,(H,12,13,16). The molecule has 0 unspecified atom stereocenters. The van der Waals surface area contributed by atoms with Crippen LogP contribution in [0.1, 0.15) is 10.4 Å². The minimum absolute atomic E-state index is 0.155. The predicted molar refractivity (Wildman–Crippen MR) is 65.1 cm³/mol. The summed E-state index contributed by atoms with van der Waals surface area (Å²) in [6, 6.07) is 9.08. The average Bonchev–Trinajstić information content (AvgIpc) is 2.95. The van der Waals surface area contributed by atoms with Crippen molar-refractivity contribution in [3.8, 4) is 0 Å². The van der Waals surface area contributed by atoms with Gasteiger partial charge in [0.2, 0.25) is 5.95 Å². The van der Waals surface area contributed by atoms with Crippen molar-refractivity contribution in [2.75, 3.05) is 11.1 Å². The molecule has 3 rings (SSSR count). The van der Waals surface area contributed by atoms with E-state index in [2.05, 4.69) is 15.5 Å². The minimum Gasteiger partial charge on any atom is -0.290 e. The maximum absolute atomic E-state index is 11.9. The predicted octanol–water partition coefficient (Wildman–Crippen LogP) is 1.64. The van der Waals surface area contributed by atoms with Crippen LogP contribution in [-0.4, -0.2) is 26.4 Å². The molecule has 0 bridgehead atoms. The highest BCUT2D eigenvalue weighted by Crippen LogP contribution is 2.26. The number of amides is 1. The minimum atomic E-state index is -0.155. The Kier molecular flexibility index (Phi) is 2.56. The molecule has 5 nitrogen and oxygen atoms in total. The second-order valence-electron chi connectivity index (χ2n) is 3.63. The van der Waals surface area contributed by atoms with Gasteiger partial charge in [0, 0.05) is 17.9 Å². The number of hydrogen-bond acceptors (Lipinski definition) is 4. The molecule has 0 saturated heterocycles. The molecule has 0 fully saturated rings. The summed E-state index contributed by atoms with van der Waals surface area (Å²) < 4.78 is 1.92. The van der Waals surface area contributed by atoms with E-state index in [4.69, 9.17) is 0 Å². The van der Waals surface area contributed by atoms with Crippen LogP contribution >= 0.6 is 11.8 Å². The Labute approximate surface area is 102 Å². The number of anilines is 1. The van der Waals surface area contributed by atoms with Crippen molar-refractivity contribution in [2.45, 2.75) is 11.7 Å². The highest BCUT2D eigenvalue weighted by molar-refractivity contribution is 7.99. The molecule has 0 radical (unpaired) electrons. The zero-order valence-corrected chi connectivity index (χ0v) is 9.78. The van der Waals surface area contributed by atoms with Crippen molar-refractivity contribution in [2.24, 2.45) is 0 Å². The van der Waals surface area contributed by atoms with E-state index < -0.39 is 0 Å². The van der Waals surface area contributed by atoms with Crippen molar-refractivity contribution < 1.29 is 4.79 Å². The molecule has 2 heterocycles. The first-order chi connectivity index (χ1) is 8.34. The topological polar surface area (TPSA) is 59.8 Å². The molecule has 6 heteroatoms. The number of thioether (sulfide) groups is 1. The molecular formula is C11H10N4OS. The summed E-state index contributed by atoms with van der Waals surface area (Å²) in [6.07, 6.45) is 0. The van der Waals surface area contributed by atoms with Crippen LogP contribution in [0.2, 0.25) is 0 Å². The first-order valence-electron chi connectivity index (χ1n) is 5.27. The van der Waals surface area contributed by atoms with Crippen LogP contribution in [0.3, 0.4) is 0 Å². The quantitative estimate of drug-likeness (QED) is 0.875. The Morgan fingerprint density at radius 2 is 2.12 bits per heavy atom. The van der Waals surface area contributed by atoms with Gasteiger partial charge in [0.25, 0.3) is 5.91 Å². The lowest BCUT2D eigenvalue weighted by Crippen LogP contribution is -2.15.